The first-order chi connectivity index (χ1) is 11.7. The summed E-state index contributed by atoms with van der Waals surface area (Å²) in [6.45, 7) is 2.73. The topological polar surface area (TPSA) is 46.6 Å². The van der Waals surface area contributed by atoms with Gasteiger partial charge in [-0.2, -0.15) is 0 Å². The molecule has 0 atom stereocenters. The summed E-state index contributed by atoms with van der Waals surface area (Å²) >= 11 is 0.957. The van der Waals surface area contributed by atoms with E-state index in [1.807, 2.05) is 30.3 Å². The second-order valence-electron chi connectivity index (χ2n) is 5.27. The molecular formula is C19H17NO3S. The molecule has 1 saturated heterocycles. The molecule has 1 aliphatic heterocycles. The zero-order valence-electron chi connectivity index (χ0n) is 13.3. The van der Waals surface area contributed by atoms with Gasteiger partial charge in [0.25, 0.3) is 11.1 Å². The molecule has 1 fully saturated rings. The zero-order valence-corrected chi connectivity index (χ0v) is 14.1. The van der Waals surface area contributed by atoms with Gasteiger partial charge in [-0.05, 0) is 54.1 Å². The lowest BCUT2D eigenvalue weighted by Gasteiger charge is -2.11. The highest BCUT2D eigenvalue weighted by atomic mass is 32.2. The largest absolute Gasteiger partial charge is 0.494 e. The Bertz CT molecular complexity index is 769. The number of benzene rings is 2. The van der Waals surface area contributed by atoms with E-state index in [1.165, 1.54) is 4.90 Å². The molecule has 24 heavy (non-hydrogen) atoms. The summed E-state index contributed by atoms with van der Waals surface area (Å²) in [6, 6.07) is 16.4. The summed E-state index contributed by atoms with van der Waals surface area (Å²) in [5, 5.41) is -0.277. The average molecular weight is 339 g/mol. The molecule has 2 amide bonds. The molecule has 1 heterocycles. The van der Waals surface area contributed by atoms with Crippen molar-refractivity contribution in [3.05, 3.63) is 65.1 Å². The summed E-state index contributed by atoms with van der Waals surface area (Å²) in [7, 11) is 0. The van der Waals surface area contributed by atoms with Crippen molar-refractivity contribution in [2.24, 2.45) is 0 Å². The molecule has 0 bridgehead atoms. The second-order valence-corrected chi connectivity index (χ2v) is 6.26. The first-order valence-electron chi connectivity index (χ1n) is 7.75. The third kappa shape index (κ3) is 3.51. The fourth-order valence-electron chi connectivity index (χ4n) is 2.30. The van der Waals surface area contributed by atoms with Gasteiger partial charge >= 0.3 is 0 Å². The van der Waals surface area contributed by atoms with Crippen molar-refractivity contribution in [2.75, 3.05) is 11.5 Å². The highest BCUT2D eigenvalue weighted by Crippen LogP contribution is 2.35. The number of hydrogen-bond acceptors (Lipinski definition) is 4. The van der Waals surface area contributed by atoms with Crippen molar-refractivity contribution in [3.63, 3.8) is 0 Å². The highest BCUT2D eigenvalue weighted by Gasteiger charge is 2.36. The van der Waals surface area contributed by atoms with Crippen molar-refractivity contribution >= 4 is 34.7 Å². The number of rotatable bonds is 5. The van der Waals surface area contributed by atoms with Gasteiger partial charge in [-0.15, -0.1) is 0 Å². The lowest BCUT2D eigenvalue weighted by Crippen LogP contribution is -2.27. The van der Waals surface area contributed by atoms with E-state index in [4.69, 9.17) is 4.74 Å². The lowest BCUT2D eigenvalue weighted by atomic mass is 10.2. The van der Waals surface area contributed by atoms with E-state index in [-0.39, 0.29) is 11.1 Å². The Kier molecular flexibility index (Phi) is 5.01. The van der Waals surface area contributed by atoms with E-state index < -0.39 is 0 Å². The van der Waals surface area contributed by atoms with Gasteiger partial charge in [0.15, 0.2) is 0 Å². The van der Waals surface area contributed by atoms with Crippen molar-refractivity contribution in [2.45, 2.75) is 13.3 Å². The minimum atomic E-state index is -0.289. The summed E-state index contributed by atoms with van der Waals surface area (Å²) in [5.41, 5.74) is 1.45. The number of amides is 2. The normalized spacial score (nSPS) is 16.0. The van der Waals surface area contributed by atoms with Gasteiger partial charge in [0.1, 0.15) is 5.75 Å². The minimum absolute atomic E-state index is 0.277. The minimum Gasteiger partial charge on any atom is -0.494 e. The molecular weight excluding hydrogens is 322 g/mol. The highest BCUT2D eigenvalue weighted by molar-refractivity contribution is 8.19. The van der Waals surface area contributed by atoms with E-state index in [0.717, 1.165) is 29.5 Å². The molecule has 0 saturated carbocycles. The van der Waals surface area contributed by atoms with Gasteiger partial charge in [-0.25, -0.2) is 4.90 Å². The van der Waals surface area contributed by atoms with Crippen LogP contribution in [0, 0.1) is 0 Å². The zero-order chi connectivity index (χ0) is 16.9. The van der Waals surface area contributed by atoms with Crippen LogP contribution in [0.15, 0.2) is 59.5 Å². The molecule has 1 aliphatic rings. The smallest absolute Gasteiger partial charge is 0.298 e. The molecule has 122 valence electrons. The molecule has 5 heteroatoms. The lowest BCUT2D eigenvalue weighted by molar-refractivity contribution is -0.113. The van der Waals surface area contributed by atoms with Gasteiger partial charge < -0.3 is 4.74 Å². The summed E-state index contributed by atoms with van der Waals surface area (Å²) in [6.07, 6.45) is 2.69. The van der Waals surface area contributed by atoms with E-state index in [1.54, 1.807) is 30.3 Å². The third-order valence-corrected chi connectivity index (χ3v) is 4.33. The van der Waals surface area contributed by atoms with Crippen molar-refractivity contribution in [1.82, 2.24) is 0 Å². The number of ether oxygens (including phenoxy) is 1. The Morgan fingerprint density at radius 3 is 2.42 bits per heavy atom. The van der Waals surface area contributed by atoms with E-state index in [0.29, 0.717) is 17.2 Å². The number of thioether (sulfide) groups is 1. The molecule has 4 nitrogen and oxygen atoms in total. The first-order valence-corrected chi connectivity index (χ1v) is 8.56. The SMILES string of the molecule is CCCOc1ccc(/C=C2\SC(=O)N(c3ccccc3)C2=O)cc1. The fourth-order valence-corrected chi connectivity index (χ4v) is 3.14. The number of carbonyl (C=O) groups excluding carboxylic acids is 2. The Labute approximate surface area is 145 Å². The van der Waals surface area contributed by atoms with Crippen LogP contribution in [0.1, 0.15) is 18.9 Å². The van der Waals surface area contributed by atoms with Crippen molar-refractivity contribution < 1.29 is 14.3 Å². The van der Waals surface area contributed by atoms with Crippen LogP contribution >= 0.6 is 11.8 Å². The molecule has 3 rings (SSSR count). The first kappa shape index (κ1) is 16.3. The maximum Gasteiger partial charge on any atom is 0.298 e. The second kappa shape index (κ2) is 7.36. The molecule has 2 aromatic carbocycles. The number of nitrogens with zero attached hydrogens (tertiary/aromatic N) is 1. The van der Waals surface area contributed by atoms with Crippen LogP contribution in [0.25, 0.3) is 6.08 Å². The van der Waals surface area contributed by atoms with Crippen LogP contribution in [-0.4, -0.2) is 17.8 Å². The van der Waals surface area contributed by atoms with Crippen LogP contribution in [0.4, 0.5) is 10.5 Å². The van der Waals surface area contributed by atoms with Crippen molar-refractivity contribution in [1.29, 1.82) is 0 Å². The summed E-state index contributed by atoms with van der Waals surface area (Å²) in [5.74, 6) is 0.508. The summed E-state index contributed by atoms with van der Waals surface area (Å²) < 4.78 is 5.54. The Balaban J connectivity index is 1.79. The van der Waals surface area contributed by atoms with Crippen LogP contribution in [-0.2, 0) is 4.79 Å². The fraction of sp³-hybridized carbons (Fsp3) is 0.158. The van der Waals surface area contributed by atoms with E-state index in [2.05, 4.69) is 6.92 Å². The Hall–Kier alpha value is -2.53. The molecule has 2 aromatic rings. The maximum atomic E-state index is 12.5. The Morgan fingerprint density at radius 1 is 1.04 bits per heavy atom. The monoisotopic (exact) mass is 339 g/mol. The standard InChI is InChI=1S/C19H17NO3S/c1-2-12-23-16-10-8-14(9-11-16)13-17-18(21)20(19(22)24-17)15-6-4-3-5-7-15/h3-11,13H,2,12H2,1H3/b17-13-. The predicted octanol–water partition coefficient (Wildman–Crippen LogP) is 4.72. The Morgan fingerprint density at radius 2 is 1.75 bits per heavy atom. The molecule has 0 spiro atoms. The average Bonchev–Trinajstić information content (AvgIpc) is 2.88. The number of para-hydroxylation sites is 1. The summed E-state index contributed by atoms with van der Waals surface area (Å²) in [4.78, 5) is 26.3. The van der Waals surface area contributed by atoms with Crippen molar-refractivity contribution in [3.8, 4) is 5.75 Å². The predicted molar refractivity (Wildman–Crippen MR) is 97.1 cm³/mol. The quantitative estimate of drug-likeness (QED) is 0.740. The van der Waals surface area contributed by atoms with Gasteiger partial charge in [-0.3, -0.25) is 9.59 Å². The third-order valence-electron chi connectivity index (χ3n) is 3.46. The van der Waals surface area contributed by atoms with E-state index >= 15 is 0 Å². The van der Waals surface area contributed by atoms with Gasteiger partial charge in [0.2, 0.25) is 0 Å². The van der Waals surface area contributed by atoms with Crippen LogP contribution in [0.3, 0.4) is 0 Å². The molecule has 0 N–H and O–H groups in total. The van der Waals surface area contributed by atoms with Gasteiger partial charge in [0, 0.05) is 0 Å². The maximum absolute atomic E-state index is 12.5. The number of carbonyl (C=O) groups is 2. The van der Waals surface area contributed by atoms with Gasteiger partial charge in [-0.1, -0.05) is 37.3 Å². The van der Waals surface area contributed by atoms with Crippen LogP contribution in [0.2, 0.25) is 0 Å². The van der Waals surface area contributed by atoms with Gasteiger partial charge in [0.05, 0.1) is 17.2 Å². The van der Waals surface area contributed by atoms with Crippen LogP contribution < -0.4 is 9.64 Å². The number of hydrogen-bond donors (Lipinski definition) is 0. The molecule has 0 aliphatic carbocycles. The molecule has 0 unspecified atom stereocenters. The van der Waals surface area contributed by atoms with E-state index in [9.17, 15) is 9.59 Å². The molecule has 0 radical (unpaired) electrons. The molecule has 0 aromatic heterocycles. The van der Waals surface area contributed by atoms with Crippen LogP contribution in [0.5, 0.6) is 5.75 Å². The number of imide groups is 1. The number of anilines is 1.